The van der Waals surface area contributed by atoms with E-state index in [9.17, 15) is 14.3 Å². The molecule has 1 rings (SSSR count). The lowest BCUT2D eigenvalue weighted by Gasteiger charge is -2.11. The number of esters is 1. The van der Waals surface area contributed by atoms with Gasteiger partial charge in [-0.1, -0.05) is 31.5 Å². The quantitative estimate of drug-likeness (QED) is 0.601. The van der Waals surface area contributed by atoms with Gasteiger partial charge in [0.2, 0.25) is 0 Å². The van der Waals surface area contributed by atoms with E-state index in [0.717, 1.165) is 12.8 Å². The molecule has 0 aliphatic rings. The van der Waals surface area contributed by atoms with E-state index in [-0.39, 0.29) is 24.4 Å². The molecule has 1 N–H and O–H groups in total. The van der Waals surface area contributed by atoms with Crippen LogP contribution in [-0.2, 0) is 9.53 Å². The summed E-state index contributed by atoms with van der Waals surface area (Å²) >= 11 is 0. The summed E-state index contributed by atoms with van der Waals surface area (Å²) in [5.41, 5.74) is 0.221. The Morgan fingerprint density at radius 3 is 2.83 bits per heavy atom. The van der Waals surface area contributed by atoms with Gasteiger partial charge < -0.3 is 9.84 Å². The number of benzene rings is 1. The first-order valence-electron chi connectivity index (χ1n) is 6.23. The number of aliphatic hydroxyl groups excluding tert-OH is 1. The molecule has 0 amide bonds. The number of aliphatic hydroxyl groups is 1. The summed E-state index contributed by atoms with van der Waals surface area (Å²) in [6.45, 7) is 2.42. The van der Waals surface area contributed by atoms with Crippen LogP contribution in [0.2, 0.25) is 0 Å². The molecular formula is C14H19FO3. The Morgan fingerprint density at radius 2 is 2.17 bits per heavy atom. The largest absolute Gasteiger partial charge is 0.466 e. The Bertz CT molecular complexity index is 379. The zero-order chi connectivity index (χ0) is 13.4. The molecular weight excluding hydrogens is 235 g/mol. The first kappa shape index (κ1) is 14.6. The summed E-state index contributed by atoms with van der Waals surface area (Å²) in [6.07, 6.45) is 1.10. The molecule has 0 fully saturated rings. The number of rotatable bonds is 7. The Labute approximate surface area is 107 Å². The Kier molecular flexibility index (Phi) is 6.36. The summed E-state index contributed by atoms with van der Waals surface area (Å²) in [6, 6.07) is 6.02. The van der Waals surface area contributed by atoms with Gasteiger partial charge in [-0.2, -0.15) is 0 Å². The summed E-state index contributed by atoms with van der Waals surface area (Å²) in [5.74, 6) is -0.803. The number of ether oxygens (including phenoxy) is 1. The molecule has 0 radical (unpaired) electrons. The number of carbonyl (C=O) groups is 1. The predicted molar refractivity (Wildman–Crippen MR) is 66.5 cm³/mol. The van der Waals surface area contributed by atoms with Crippen LogP contribution in [0, 0.1) is 5.82 Å². The molecule has 4 heteroatoms. The molecule has 0 heterocycles. The molecule has 0 saturated heterocycles. The molecule has 0 aliphatic heterocycles. The molecule has 0 bridgehead atoms. The van der Waals surface area contributed by atoms with Gasteiger partial charge in [-0.3, -0.25) is 4.79 Å². The van der Waals surface area contributed by atoms with Gasteiger partial charge in [-0.25, -0.2) is 4.39 Å². The SMILES string of the molecule is CCCCOC(=O)CCC(O)c1ccccc1F. The number of hydrogen-bond acceptors (Lipinski definition) is 3. The van der Waals surface area contributed by atoms with Crippen molar-refractivity contribution in [2.75, 3.05) is 6.61 Å². The molecule has 100 valence electrons. The van der Waals surface area contributed by atoms with Crippen molar-refractivity contribution in [3.63, 3.8) is 0 Å². The Balaban J connectivity index is 2.35. The zero-order valence-electron chi connectivity index (χ0n) is 10.6. The van der Waals surface area contributed by atoms with Crippen LogP contribution in [0.1, 0.15) is 44.3 Å². The lowest BCUT2D eigenvalue weighted by Crippen LogP contribution is -2.09. The van der Waals surface area contributed by atoms with E-state index in [2.05, 4.69) is 0 Å². The van der Waals surface area contributed by atoms with Gasteiger partial charge in [0, 0.05) is 12.0 Å². The van der Waals surface area contributed by atoms with Crippen molar-refractivity contribution in [1.82, 2.24) is 0 Å². The number of halogens is 1. The minimum atomic E-state index is -0.968. The Morgan fingerprint density at radius 1 is 1.44 bits per heavy atom. The molecule has 0 spiro atoms. The van der Waals surface area contributed by atoms with Crippen LogP contribution < -0.4 is 0 Å². The second-order valence-electron chi connectivity index (χ2n) is 4.15. The van der Waals surface area contributed by atoms with Gasteiger partial charge in [0.25, 0.3) is 0 Å². The third-order valence-corrected chi connectivity index (χ3v) is 2.65. The molecule has 3 nitrogen and oxygen atoms in total. The topological polar surface area (TPSA) is 46.5 Å². The Hall–Kier alpha value is -1.42. The molecule has 0 aliphatic carbocycles. The number of unbranched alkanes of at least 4 members (excludes halogenated alkanes) is 1. The highest BCUT2D eigenvalue weighted by atomic mass is 19.1. The maximum atomic E-state index is 13.3. The van der Waals surface area contributed by atoms with Crippen molar-refractivity contribution in [2.24, 2.45) is 0 Å². The van der Waals surface area contributed by atoms with Crippen LogP contribution in [0.15, 0.2) is 24.3 Å². The van der Waals surface area contributed by atoms with Crippen molar-refractivity contribution in [3.8, 4) is 0 Å². The maximum Gasteiger partial charge on any atom is 0.305 e. The monoisotopic (exact) mass is 254 g/mol. The van der Waals surface area contributed by atoms with Crippen molar-refractivity contribution in [1.29, 1.82) is 0 Å². The lowest BCUT2D eigenvalue weighted by molar-refractivity contribution is -0.144. The van der Waals surface area contributed by atoms with Crippen LogP contribution in [0.3, 0.4) is 0 Å². The van der Waals surface area contributed by atoms with Crippen molar-refractivity contribution in [3.05, 3.63) is 35.6 Å². The normalized spacial score (nSPS) is 12.2. The van der Waals surface area contributed by atoms with Gasteiger partial charge >= 0.3 is 5.97 Å². The minimum absolute atomic E-state index is 0.0964. The first-order chi connectivity index (χ1) is 8.65. The van der Waals surface area contributed by atoms with E-state index >= 15 is 0 Å². The van der Waals surface area contributed by atoms with Crippen LogP contribution in [0.25, 0.3) is 0 Å². The molecule has 1 atom stereocenters. The van der Waals surface area contributed by atoms with Gasteiger partial charge in [-0.05, 0) is 18.9 Å². The highest BCUT2D eigenvalue weighted by Crippen LogP contribution is 2.21. The van der Waals surface area contributed by atoms with Crippen LogP contribution in [0.4, 0.5) is 4.39 Å². The molecule has 0 aromatic heterocycles. The fourth-order valence-electron chi connectivity index (χ4n) is 1.56. The maximum absolute atomic E-state index is 13.3. The summed E-state index contributed by atoms with van der Waals surface area (Å²) in [7, 11) is 0. The average molecular weight is 254 g/mol. The standard InChI is InChI=1S/C14H19FO3/c1-2-3-10-18-14(17)9-8-13(16)11-6-4-5-7-12(11)15/h4-7,13,16H,2-3,8-10H2,1H3. The van der Waals surface area contributed by atoms with E-state index in [4.69, 9.17) is 4.74 Å². The first-order valence-corrected chi connectivity index (χ1v) is 6.23. The second-order valence-corrected chi connectivity index (χ2v) is 4.15. The lowest BCUT2D eigenvalue weighted by atomic mass is 10.0. The predicted octanol–water partition coefficient (Wildman–Crippen LogP) is 2.98. The van der Waals surface area contributed by atoms with E-state index in [1.165, 1.54) is 12.1 Å². The zero-order valence-corrected chi connectivity index (χ0v) is 10.6. The fraction of sp³-hybridized carbons (Fsp3) is 0.500. The third-order valence-electron chi connectivity index (χ3n) is 2.65. The average Bonchev–Trinajstić information content (AvgIpc) is 2.37. The molecule has 18 heavy (non-hydrogen) atoms. The number of carbonyl (C=O) groups excluding carboxylic acids is 1. The van der Waals surface area contributed by atoms with E-state index in [1.54, 1.807) is 12.1 Å². The third kappa shape index (κ3) is 4.84. The molecule has 1 aromatic rings. The van der Waals surface area contributed by atoms with Crippen molar-refractivity contribution in [2.45, 2.75) is 38.7 Å². The van der Waals surface area contributed by atoms with Crippen LogP contribution in [0.5, 0.6) is 0 Å². The van der Waals surface area contributed by atoms with Gasteiger partial charge in [0.05, 0.1) is 12.7 Å². The van der Waals surface area contributed by atoms with Gasteiger partial charge in [0.15, 0.2) is 0 Å². The summed E-state index contributed by atoms with van der Waals surface area (Å²) in [5, 5.41) is 9.77. The molecule has 1 aromatic carbocycles. The van der Waals surface area contributed by atoms with Crippen molar-refractivity contribution >= 4 is 5.97 Å². The van der Waals surface area contributed by atoms with E-state index in [0.29, 0.717) is 6.61 Å². The van der Waals surface area contributed by atoms with Crippen LogP contribution >= 0.6 is 0 Å². The highest BCUT2D eigenvalue weighted by molar-refractivity contribution is 5.69. The number of hydrogen-bond donors (Lipinski definition) is 1. The van der Waals surface area contributed by atoms with Gasteiger partial charge in [-0.15, -0.1) is 0 Å². The van der Waals surface area contributed by atoms with E-state index < -0.39 is 11.9 Å². The van der Waals surface area contributed by atoms with Crippen LogP contribution in [-0.4, -0.2) is 17.7 Å². The van der Waals surface area contributed by atoms with Crippen molar-refractivity contribution < 1.29 is 19.0 Å². The highest BCUT2D eigenvalue weighted by Gasteiger charge is 2.14. The molecule has 0 saturated carbocycles. The summed E-state index contributed by atoms with van der Waals surface area (Å²) in [4.78, 5) is 11.3. The summed E-state index contributed by atoms with van der Waals surface area (Å²) < 4.78 is 18.3. The second kappa shape index (κ2) is 7.82. The van der Waals surface area contributed by atoms with E-state index in [1.807, 2.05) is 6.92 Å². The fourth-order valence-corrected chi connectivity index (χ4v) is 1.56. The smallest absolute Gasteiger partial charge is 0.305 e. The minimum Gasteiger partial charge on any atom is -0.466 e. The molecule has 1 unspecified atom stereocenters. The van der Waals surface area contributed by atoms with Gasteiger partial charge in [0.1, 0.15) is 5.82 Å².